The van der Waals surface area contributed by atoms with Crippen LogP contribution < -0.4 is 11.1 Å². The lowest BCUT2D eigenvalue weighted by molar-refractivity contribution is -0.129. The van der Waals surface area contributed by atoms with Crippen LogP contribution in [0.1, 0.15) is 38.1 Å². The monoisotopic (exact) mass is 366 g/mol. The van der Waals surface area contributed by atoms with Crippen LogP contribution in [0.2, 0.25) is 0 Å². The van der Waals surface area contributed by atoms with Crippen LogP contribution in [-0.4, -0.2) is 35.5 Å². The van der Waals surface area contributed by atoms with Crippen LogP contribution in [-0.2, 0) is 14.3 Å². The minimum atomic E-state index is -0.939. The van der Waals surface area contributed by atoms with Crippen LogP contribution in [0.5, 0.6) is 0 Å². The molecular formula is C17H22N2O5S. The summed E-state index contributed by atoms with van der Waals surface area (Å²) in [7, 11) is 0. The third kappa shape index (κ3) is 6.58. The molecule has 1 unspecified atom stereocenters. The van der Waals surface area contributed by atoms with Crippen molar-refractivity contribution in [3.05, 3.63) is 29.8 Å². The van der Waals surface area contributed by atoms with E-state index in [1.807, 2.05) is 5.32 Å². The number of esters is 1. The summed E-state index contributed by atoms with van der Waals surface area (Å²) >= 11 is 1.08. The van der Waals surface area contributed by atoms with Crippen molar-refractivity contribution >= 4 is 35.5 Å². The first kappa shape index (κ1) is 20.7. The van der Waals surface area contributed by atoms with Gasteiger partial charge in [-0.2, -0.15) is 0 Å². The number of amides is 3. The van der Waals surface area contributed by atoms with Gasteiger partial charge in [0.1, 0.15) is 0 Å². The number of Topliss-reactive ketones (excluding diaryl/α,β-unsaturated/α-hetero) is 1. The Morgan fingerprint density at radius 2 is 1.80 bits per heavy atom. The highest BCUT2D eigenvalue weighted by Crippen LogP contribution is 2.27. The second-order valence-corrected chi connectivity index (χ2v) is 7.74. The fourth-order valence-corrected chi connectivity index (χ4v) is 2.61. The molecule has 136 valence electrons. The van der Waals surface area contributed by atoms with E-state index in [9.17, 15) is 19.2 Å². The Balaban J connectivity index is 2.82. The van der Waals surface area contributed by atoms with Crippen LogP contribution in [0.25, 0.3) is 0 Å². The summed E-state index contributed by atoms with van der Waals surface area (Å²) in [4.78, 5) is 47.2. The Labute approximate surface area is 150 Å². The molecule has 0 aromatic heterocycles. The summed E-state index contributed by atoms with van der Waals surface area (Å²) in [5.74, 6) is -1.41. The van der Waals surface area contributed by atoms with Crippen molar-refractivity contribution in [2.24, 2.45) is 11.1 Å². The maximum absolute atomic E-state index is 12.3. The quantitative estimate of drug-likeness (QED) is 0.589. The Morgan fingerprint density at radius 3 is 2.36 bits per heavy atom. The SMILES string of the molecule is CC(Sc1ccccc1C(=O)OCC(=O)C(C)(C)C)C(=O)NC(N)=O. The maximum Gasteiger partial charge on any atom is 0.339 e. The van der Waals surface area contributed by atoms with Gasteiger partial charge in [-0.15, -0.1) is 11.8 Å². The van der Waals surface area contributed by atoms with E-state index in [0.717, 1.165) is 11.8 Å². The second kappa shape index (κ2) is 8.66. The van der Waals surface area contributed by atoms with Gasteiger partial charge in [-0.3, -0.25) is 14.9 Å². The fourth-order valence-electron chi connectivity index (χ4n) is 1.63. The first-order valence-electron chi connectivity index (χ1n) is 7.58. The second-order valence-electron chi connectivity index (χ2n) is 6.36. The predicted molar refractivity (Wildman–Crippen MR) is 94.2 cm³/mol. The predicted octanol–water partition coefficient (Wildman–Crippen LogP) is 2.13. The minimum Gasteiger partial charge on any atom is -0.454 e. The number of primary amides is 1. The van der Waals surface area contributed by atoms with E-state index in [4.69, 9.17) is 10.5 Å². The highest BCUT2D eigenvalue weighted by Gasteiger charge is 2.24. The summed E-state index contributed by atoms with van der Waals surface area (Å²) in [5, 5.41) is 1.33. The molecule has 0 aliphatic carbocycles. The molecule has 0 saturated heterocycles. The van der Waals surface area contributed by atoms with Gasteiger partial charge in [-0.05, 0) is 19.1 Å². The molecule has 1 rings (SSSR count). The molecule has 0 radical (unpaired) electrons. The number of thioether (sulfide) groups is 1. The Bertz CT molecular complexity index is 682. The zero-order chi connectivity index (χ0) is 19.2. The molecule has 1 atom stereocenters. The zero-order valence-corrected chi connectivity index (χ0v) is 15.4. The number of nitrogens with two attached hydrogens (primary N) is 1. The number of ketones is 1. The number of urea groups is 1. The average Bonchev–Trinajstić information content (AvgIpc) is 2.51. The number of benzene rings is 1. The zero-order valence-electron chi connectivity index (χ0n) is 14.6. The lowest BCUT2D eigenvalue weighted by atomic mass is 9.91. The topological polar surface area (TPSA) is 116 Å². The van der Waals surface area contributed by atoms with Gasteiger partial charge in [0, 0.05) is 10.3 Å². The van der Waals surface area contributed by atoms with Gasteiger partial charge in [-0.25, -0.2) is 9.59 Å². The normalized spacial score (nSPS) is 12.2. The van der Waals surface area contributed by atoms with Crippen molar-refractivity contribution < 1.29 is 23.9 Å². The third-order valence-electron chi connectivity index (χ3n) is 3.20. The van der Waals surface area contributed by atoms with Gasteiger partial charge >= 0.3 is 12.0 Å². The molecule has 0 spiro atoms. The molecule has 25 heavy (non-hydrogen) atoms. The summed E-state index contributed by atoms with van der Waals surface area (Å²) in [5.41, 5.74) is 4.56. The van der Waals surface area contributed by atoms with Gasteiger partial charge in [0.15, 0.2) is 12.4 Å². The van der Waals surface area contributed by atoms with Crippen molar-refractivity contribution in [3.8, 4) is 0 Å². The number of nitrogens with one attached hydrogen (secondary N) is 1. The van der Waals surface area contributed by atoms with Crippen LogP contribution in [0.15, 0.2) is 29.2 Å². The highest BCUT2D eigenvalue weighted by atomic mass is 32.2. The summed E-state index contributed by atoms with van der Waals surface area (Å²) in [6.45, 7) is 6.48. The van der Waals surface area contributed by atoms with Crippen LogP contribution in [0.4, 0.5) is 4.79 Å². The number of hydrogen-bond acceptors (Lipinski definition) is 6. The standard InChI is InChI=1S/C17H22N2O5S/c1-10(14(21)19-16(18)23)25-12-8-6-5-7-11(12)15(22)24-9-13(20)17(2,3)4/h5-8,10H,9H2,1-4H3,(H3,18,19,21,23). The van der Waals surface area contributed by atoms with E-state index in [0.29, 0.717) is 4.90 Å². The van der Waals surface area contributed by atoms with E-state index in [2.05, 4.69) is 0 Å². The van der Waals surface area contributed by atoms with Crippen molar-refractivity contribution in [2.45, 2.75) is 37.8 Å². The van der Waals surface area contributed by atoms with Gasteiger partial charge in [0.05, 0.1) is 10.8 Å². The molecule has 0 saturated carbocycles. The number of imide groups is 1. The van der Waals surface area contributed by atoms with E-state index in [1.54, 1.807) is 52.0 Å². The van der Waals surface area contributed by atoms with Crippen molar-refractivity contribution in [1.82, 2.24) is 5.32 Å². The van der Waals surface area contributed by atoms with E-state index < -0.39 is 28.6 Å². The Morgan fingerprint density at radius 1 is 1.20 bits per heavy atom. The van der Waals surface area contributed by atoms with Crippen LogP contribution >= 0.6 is 11.8 Å². The number of carbonyl (C=O) groups is 4. The van der Waals surface area contributed by atoms with Gasteiger partial charge in [0.2, 0.25) is 5.91 Å². The van der Waals surface area contributed by atoms with Crippen LogP contribution in [0.3, 0.4) is 0 Å². The first-order chi connectivity index (χ1) is 11.5. The first-order valence-corrected chi connectivity index (χ1v) is 8.46. The average molecular weight is 366 g/mol. The minimum absolute atomic E-state index is 0.194. The fraction of sp³-hybridized carbons (Fsp3) is 0.412. The summed E-state index contributed by atoms with van der Waals surface area (Å²) < 4.78 is 5.09. The van der Waals surface area contributed by atoms with Gasteiger partial charge in [-0.1, -0.05) is 32.9 Å². The number of ether oxygens (including phenoxy) is 1. The molecule has 0 aliphatic heterocycles. The number of carbonyl (C=O) groups excluding carboxylic acids is 4. The molecular weight excluding hydrogens is 344 g/mol. The Kier molecular flexibility index (Phi) is 7.17. The largest absolute Gasteiger partial charge is 0.454 e. The maximum atomic E-state index is 12.3. The molecule has 0 bridgehead atoms. The molecule has 0 fully saturated rings. The lowest BCUT2D eigenvalue weighted by Gasteiger charge is -2.17. The molecule has 1 aromatic carbocycles. The molecule has 0 aliphatic rings. The Hall–Kier alpha value is -2.35. The molecule has 0 heterocycles. The molecule has 3 N–H and O–H groups in total. The third-order valence-corrected chi connectivity index (χ3v) is 4.37. The van der Waals surface area contributed by atoms with Crippen molar-refractivity contribution in [1.29, 1.82) is 0 Å². The number of hydrogen-bond donors (Lipinski definition) is 2. The van der Waals surface area contributed by atoms with Gasteiger partial charge < -0.3 is 10.5 Å². The summed E-state index contributed by atoms with van der Waals surface area (Å²) in [6, 6.07) is 5.62. The lowest BCUT2D eigenvalue weighted by Crippen LogP contribution is -2.39. The van der Waals surface area contributed by atoms with E-state index >= 15 is 0 Å². The summed E-state index contributed by atoms with van der Waals surface area (Å²) in [6.07, 6.45) is 0. The van der Waals surface area contributed by atoms with E-state index in [-0.39, 0.29) is 18.0 Å². The van der Waals surface area contributed by atoms with Crippen LogP contribution in [0, 0.1) is 5.41 Å². The van der Waals surface area contributed by atoms with Gasteiger partial charge in [0.25, 0.3) is 0 Å². The number of rotatable bonds is 6. The smallest absolute Gasteiger partial charge is 0.339 e. The molecule has 8 heteroatoms. The molecule has 3 amide bonds. The van der Waals surface area contributed by atoms with Crippen molar-refractivity contribution in [3.63, 3.8) is 0 Å². The molecule has 1 aromatic rings. The molecule has 7 nitrogen and oxygen atoms in total. The highest BCUT2D eigenvalue weighted by molar-refractivity contribution is 8.00. The van der Waals surface area contributed by atoms with E-state index in [1.165, 1.54) is 0 Å². The van der Waals surface area contributed by atoms with Crippen molar-refractivity contribution in [2.75, 3.05) is 6.61 Å².